The first-order valence-electron chi connectivity index (χ1n) is 14.2. The minimum atomic E-state index is 0.307. The van der Waals surface area contributed by atoms with Crippen LogP contribution in [0.15, 0.2) is 53.4 Å². The zero-order valence-corrected chi connectivity index (χ0v) is 26.9. The highest BCUT2D eigenvalue weighted by Gasteiger charge is 2.31. The van der Waals surface area contributed by atoms with Gasteiger partial charge in [-0.1, -0.05) is 0 Å². The van der Waals surface area contributed by atoms with Gasteiger partial charge in [0, 0.05) is 34.2 Å². The van der Waals surface area contributed by atoms with E-state index >= 15 is 0 Å². The van der Waals surface area contributed by atoms with Crippen LogP contribution >= 0.6 is 23.5 Å². The van der Waals surface area contributed by atoms with Gasteiger partial charge in [-0.3, -0.25) is 0 Å². The summed E-state index contributed by atoms with van der Waals surface area (Å²) in [5.41, 5.74) is 4.15. The Morgan fingerprint density at radius 3 is 1.86 bits per heavy atom. The molecule has 0 bridgehead atoms. The highest BCUT2D eigenvalue weighted by molar-refractivity contribution is 8.00. The van der Waals surface area contributed by atoms with Gasteiger partial charge in [-0.2, -0.15) is 5.26 Å². The van der Waals surface area contributed by atoms with Crippen LogP contribution in [0.5, 0.6) is 28.7 Å². The summed E-state index contributed by atoms with van der Waals surface area (Å²) in [5, 5.41) is 9.66. The molecule has 2 atom stereocenters. The molecule has 7 nitrogen and oxygen atoms in total. The monoisotopic (exact) mass is 608 g/mol. The van der Waals surface area contributed by atoms with Crippen LogP contribution in [-0.4, -0.2) is 53.9 Å². The molecule has 1 saturated heterocycles. The van der Waals surface area contributed by atoms with E-state index in [1.165, 1.54) is 11.1 Å². The number of nitriles is 1. The van der Waals surface area contributed by atoms with Crippen molar-refractivity contribution in [2.45, 2.75) is 42.1 Å². The average molecular weight is 609 g/mol. The summed E-state index contributed by atoms with van der Waals surface area (Å²) in [6.07, 6.45) is 2.09. The summed E-state index contributed by atoms with van der Waals surface area (Å²) in [7, 11) is 6.65. The molecule has 1 fully saturated rings. The molecule has 1 aliphatic rings. The second-order valence-corrected chi connectivity index (χ2v) is 12.3. The molecule has 1 heterocycles. The number of benzene rings is 3. The maximum absolute atomic E-state index is 9.03. The van der Waals surface area contributed by atoms with Crippen LogP contribution in [0.1, 0.15) is 53.9 Å². The van der Waals surface area contributed by atoms with Crippen molar-refractivity contribution in [3.05, 3.63) is 65.2 Å². The van der Waals surface area contributed by atoms with Crippen molar-refractivity contribution in [2.75, 3.05) is 58.8 Å². The van der Waals surface area contributed by atoms with E-state index in [0.29, 0.717) is 39.9 Å². The Balaban J connectivity index is 1.54. The molecule has 0 saturated carbocycles. The summed E-state index contributed by atoms with van der Waals surface area (Å²) >= 11 is 3.67. The summed E-state index contributed by atoms with van der Waals surface area (Å²) in [6.45, 7) is 6.60. The third-order valence-corrected chi connectivity index (χ3v) is 10.1. The number of hydrogen-bond donors (Lipinski definition) is 0. The van der Waals surface area contributed by atoms with E-state index in [0.717, 1.165) is 53.8 Å². The number of hydrogen-bond acceptors (Lipinski definition) is 9. The Labute approximate surface area is 258 Å². The van der Waals surface area contributed by atoms with Crippen LogP contribution in [0.3, 0.4) is 0 Å². The quantitative estimate of drug-likeness (QED) is 0.134. The first-order chi connectivity index (χ1) is 20.5. The van der Waals surface area contributed by atoms with Crippen LogP contribution in [-0.2, 0) is 0 Å². The summed E-state index contributed by atoms with van der Waals surface area (Å²) in [6, 6.07) is 18.4. The highest BCUT2D eigenvalue weighted by atomic mass is 32.2. The fourth-order valence-electron chi connectivity index (χ4n) is 5.23. The van der Waals surface area contributed by atoms with Crippen molar-refractivity contribution >= 4 is 29.2 Å². The lowest BCUT2D eigenvalue weighted by Crippen LogP contribution is -2.23. The van der Waals surface area contributed by atoms with E-state index < -0.39 is 0 Å². The van der Waals surface area contributed by atoms with Crippen LogP contribution in [0, 0.1) is 11.3 Å². The Morgan fingerprint density at radius 1 is 0.810 bits per heavy atom. The minimum Gasteiger partial charge on any atom is -0.493 e. The van der Waals surface area contributed by atoms with E-state index in [9.17, 15) is 0 Å². The lowest BCUT2D eigenvalue weighted by Gasteiger charge is -2.27. The fourth-order valence-corrected chi connectivity index (χ4v) is 7.49. The van der Waals surface area contributed by atoms with Gasteiger partial charge in [0.05, 0.1) is 52.4 Å². The predicted octanol–water partition coefficient (Wildman–Crippen LogP) is 7.92. The molecule has 3 aromatic rings. The molecule has 0 spiro atoms. The molecule has 0 N–H and O–H groups in total. The van der Waals surface area contributed by atoms with Gasteiger partial charge in [-0.15, -0.1) is 23.5 Å². The van der Waals surface area contributed by atoms with Crippen molar-refractivity contribution < 1.29 is 23.7 Å². The third kappa shape index (κ3) is 7.16. The summed E-state index contributed by atoms with van der Waals surface area (Å²) in [4.78, 5) is 3.44. The second-order valence-electron chi connectivity index (χ2n) is 9.73. The Hall–Kier alpha value is -3.35. The van der Waals surface area contributed by atoms with Gasteiger partial charge in [0.2, 0.25) is 5.75 Å². The topological polar surface area (TPSA) is 73.2 Å². The number of rotatable bonds is 14. The van der Waals surface area contributed by atoms with Crippen LogP contribution in [0.25, 0.3) is 0 Å². The average Bonchev–Trinajstić information content (AvgIpc) is 3.54. The Bertz CT molecular complexity index is 1350. The molecule has 9 heteroatoms. The molecular weight excluding hydrogens is 569 g/mol. The maximum Gasteiger partial charge on any atom is 0.203 e. The van der Waals surface area contributed by atoms with Crippen LogP contribution in [0.4, 0.5) is 5.69 Å². The van der Waals surface area contributed by atoms with Crippen LogP contribution in [0.2, 0.25) is 0 Å². The van der Waals surface area contributed by atoms with E-state index in [1.807, 2.05) is 36.0 Å². The van der Waals surface area contributed by atoms with Crippen LogP contribution < -0.4 is 28.6 Å². The smallest absolute Gasteiger partial charge is 0.203 e. The van der Waals surface area contributed by atoms with Crippen molar-refractivity contribution in [1.29, 1.82) is 5.26 Å². The molecule has 42 heavy (non-hydrogen) atoms. The number of ether oxygens (including phenoxy) is 5. The van der Waals surface area contributed by atoms with Gasteiger partial charge in [0.15, 0.2) is 23.0 Å². The van der Waals surface area contributed by atoms with Gasteiger partial charge >= 0.3 is 0 Å². The standard InChI is InChI=1S/C33H40N2O5S2/c1-7-35(8-2)26-17-23(18-27(36-3)32(26)40-15-16-41-25-11-9-22(21-34)10-12-25)30-13-14-31(42-30)24-19-28(37-4)33(39-6)29(20-24)38-5/h9-12,17-20,30-31H,7-8,13-16H2,1-6H3. The third-order valence-electron chi connectivity index (χ3n) is 7.41. The zero-order chi connectivity index (χ0) is 30.1. The molecule has 0 amide bonds. The van der Waals surface area contributed by atoms with Gasteiger partial charge in [0.25, 0.3) is 0 Å². The van der Waals surface area contributed by atoms with E-state index in [4.69, 9.17) is 28.9 Å². The highest BCUT2D eigenvalue weighted by Crippen LogP contribution is 2.56. The van der Waals surface area contributed by atoms with E-state index in [-0.39, 0.29) is 0 Å². The Morgan fingerprint density at radius 2 is 1.36 bits per heavy atom. The fraction of sp³-hybridized carbons (Fsp3) is 0.424. The molecule has 3 aromatic carbocycles. The van der Waals surface area contributed by atoms with Gasteiger partial charge in [0.1, 0.15) is 0 Å². The lowest BCUT2D eigenvalue weighted by molar-refractivity contribution is 0.313. The van der Waals surface area contributed by atoms with Crippen molar-refractivity contribution in [2.24, 2.45) is 0 Å². The maximum atomic E-state index is 9.03. The SMILES string of the molecule is CCN(CC)c1cc(C2CCC(c3cc(OC)c(OC)c(OC)c3)S2)cc(OC)c1OCCSc1ccc(C#N)cc1. The first kappa shape index (κ1) is 31.6. The van der Waals surface area contributed by atoms with Gasteiger partial charge in [-0.25, -0.2) is 0 Å². The molecule has 0 aromatic heterocycles. The molecule has 4 rings (SSSR count). The van der Waals surface area contributed by atoms with E-state index in [2.05, 4.69) is 49.1 Å². The normalized spacial score (nSPS) is 16.0. The van der Waals surface area contributed by atoms with E-state index in [1.54, 1.807) is 40.2 Å². The van der Waals surface area contributed by atoms with Gasteiger partial charge in [-0.05, 0) is 86.3 Å². The molecular formula is C33H40N2O5S2. The largest absolute Gasteiger partial charge is 0.493 e. The molecule has 0 aliphatic carbocycles. The first-order valence-corrected chi connectivity index (χ1v) is 16.1. The van der Waals surface area contributed by atoms with Crippen molar-refractivity contribution in [1.82, 2.24) is 0 Å². The summed E-state index contributed by atoms with van der Waals surface area (Å²) in [5.74, 6) is 4.30. The number of anilines is 1. The number of methoxy groups -OCH3 is 4. The molecule has 224 valence electrons. The molecule has 2 unspecified atom stereocenters. The lowest BCUT2D eigenvalue weighted by atomic mass is 10.0. The second kappa shape index (κ2) is 15.2. The van der Waals surface area contributed by atoms with Gasteiger partial charge < -0.3 is 28.6 Å². The number of nitrogens with zero attached hydrogens (tertiary/aromatic N) is 2. The summed E-state index contributed by atoms with van der Waals surface area (Å²) < 4.78 is 29.1. The minimum absolute atomic E-state index is 0.307. The Kier molecular flexibility index (Phi) is 11.4. The zero-order valence-electron chi connectivity index (χ0n) is 25.3. The predicted molar refractivity (Wildman–Crippen MR) is 172 cm³/mol. The van der Waals surface area contributed by atoms with Crippen molar-refractivity contribution in [3.8, 4) is 34.8 Å². The van der Waals surface area contributed by atoms with Crippen molar-refractivity contribution in [3.63, 3.8) is 0 Å². The molecule has 0 radical (unpaired) electrons. The number of thioether (sulfide) groups is 2. The molecule has 1 aliphatic heterocycles.